The van der Waals surface area contributed by atoms with Crippen LogP contribution in [-0.2, 0) is 12.8 Å². The predicted molar refractivity (Wildman–Crippen MR) is 84.0 cm³/mol. The Hall–Kier alpha value is -0.480. The molecule has 2 fully saturated rings. The third kappa shape index (κ3) is 3.59. The van der Waals surface area contributed by atoms with Crippen LogP contribution in [0.5, 0.6) is 0 Å². The van der Waals surface area contributed by atoms with Crippen LogP contribution in [0.25, 0.3) is 0 Å². The molecule has 0 radical (unpaired) electrons. The molecule has 20 heavy (non-hydrogen) atoms. The molecule has 3 unspecified atom stereocenters. The van der Waals surface area contributed by atoms with E-state index in [4.69, 9.17) is 0 Å². The average molecular weight is 293 g/mol. The predicted octanol–water partition coefficient (Wildman–Crippen LogP) is 3.45. The Kier molecular flexibility index (Phi) is 5.05. The minimum Gasteiger partial charge on any atom is -0.317 e. The van der Waals surface area contributed by atoms with Crippen LogP contribution in [-0.4, -0.2) is 23.3 Å². The normalized spacial score (nSPS) is 28.4. The molecule has 2 aliphatic rings. The lowest BCUT2D eigenvalue weighted by Crippen LogP contribution is -2.16. The lowest BCUT2D eigenvalue weighted by molar-refractivity contribution is 0.331. The van der Waals surface area contributed by atoms with Crippen molar-refractivity contribution >= 4 is 11.3 Å². The van der Waals surface area contributed by atoms with E-state index in [2.05, 4.69) is 22.4 Å². The maximum Gasteiger partial charge on any atom is 0.117 e. The zero-order chi connectivity index (χ0) is 13.8. The molecule has 3 rings (SSSR count). The Morgan fingerprint density at radius 2 is 2.05 bits per heavy atom. The van der Waals surface area contributed by atoms with Crippen molar-refractivity contribution in [2.75, 3.05) is 13.1 Å². The lowest BCUT2D eigenvalue weighted by atomic mass is 9.87. The molecule has 2 saturated carbocycles. The van der Waals surface area contributed by atoms with Gasteiger partial charge in [-0.15, -0.1) is 21.5 Å². The maximum absolute atomic E-state index is 4.43. The van der Waals surface area contributed by atoms with Crippen LogP contribution in [0.4, 0.5) is 0 Å². The van der Waals surface area contributed by atoms with Crippen molar-refractivity contribution in [2.24, 2.45) is 17.8 Å². The number of hydrogen-bond acceptors (Lipinski definition) is 4. The van der Waals surface area contributed by atoms with E-state index in [1.807, 2.05) is 11.3 Å². The fraction of sp³-hybridized carbons (Fsp3) is 0.875. The van der Waals surface area contributed by atoms with E-state index in [0.717, 1.165) is 37.3 Å². The van der Waals surface area contributed by atoms with Crippen molar-refractivity contribution in [2.45, 2.75) is 58.3 Å². The quantitative estimate of drug-likeness (QED) is 0.746. The molecule has 0 spiro atoms. The summed E-state index contributed by atoms with van der Waals surface area (Å²) in [6.07, 6.45) is 10.6. The van der Waals surface area contributed by atoms with Gasteiger partial charge in [-0.3, -0.25) is 0 Å². The summed E-state index contributed by atoms with van der Waals surface area (Å²) in [4.78, 5) is 0. The third-order valence-electron chi connectivity index (χ3n) is 5.00. The topological polar surface area (TPSA) is 37.8 Å². The van der Waals surface area contributed by atoms with Crippen LogP contribution < -0.4 is 5.32 Å². The van der Waals surface area contributed by atoms with Gasteiger partial charge in [-0.05, 0) is 62.9 Å². The van der Waals surface area contributed by atoms with E-state index in [1.165, 1.54) is 55.0 Å². The summed E-state index contributed by atoms with van der Waals surface area (Å²) in [7, 11) is 0. The highest BCUT2D eigenvalue weighted by Gasteiger charge is 2.39. The summed E-state index contributed by atoms with van der Waals surface area (Å²) < 4.78 is 0. The zero-order valence-corrected chi connectivity index (χ0v) is 13.4. The number of nitrogens with zero attached hydrogens (tertiary/aromatic N) is 2. The molecular weight excluding hydrogens is 266 g/mol. The zero-order valence-electron chi connectivity index (χ0n) is 12.6. The van der Waals surface area contributed by atoms with E-state index in [0.29, 0.717) is 0 Å². The Morgan fingerprint density at radius 3 is 2.80 bits per heavy atom. The monoisotopic (exact) mass is 293 g/mol. The van der Waals surface area contributed by atoms with Crippen LogP contribution in [0.2, 0.25) is 0 Å². The smallest absolute Gasteiger partial charge is 0.117 e. The summed E-state index contributed by atoms with van der Waals surface area (Å²) in [6.45, 7) is 4.44. The van der Waals surface area contributed by atoms with Gasteiger partial charge in [-0.1, -0.05) is 13.3 Å². The number of hydrogen-bond donors (Lipinski definition) is 1. The summed E-state index contributed by atoms with van der Waals surface area (Å²) >= 11 is 1.86. The van der Waals surface area contributed by atoms with Gasteiger partial charge < -0.3 is 5.32 Å². The standard InChI is InChI=1S/C16H27N3S/c1-2-7-17-8-3-4-15-18-19-16(20-15)11-14-10-12-5-6-13(14)9-12/h12-14,17H,2-11H2,1H3. The van der Waals surface area contributed by atoms with Crippen LogP contribution >= 0.6 is 11.3 Å². The van der Waals surface area contributed by atoms with E-state index in [1.54, 1.807) is 0 Å². The fourth-order valence-electron chi connectivity index (χ4n) is 3.99. The van der Waals surface area contributed by atoms with Crippen molar-refractivity contribution in [1.82, 2.24) is 15.5 Å². The second-order valence-electron chi connectivity index (χ2n) is 6.58. The van der Waals surface area contributed by atoms with E-state index in [-0.39, 0.29) is 0 Å². The summed E-state index contributed by atoms with van der Waals surface area (Å²) in [5.41, 5.74) is 0. The largest absolute Gasteiger partial charge is 0.317 e. The molecule has 0 saturated heterocycles. The van der Waals surface area contributed by atoms with E-state index in [9.17, 15) is 0 Å². The van der Waals surface area contributed by atoms with E-state index >= 15 is 0 Å². The second-order valence-corrected chi connectivity index (χ2v) is 7.73. The Balaban J connectivity index is 1.40. The van der Waals surface area contributed by atoms with Gasteiger partial charge in [-0.2, -0.15) is 0 Å². The Morgan fingerprint density at radius 1 is 1.15 bits per heavy atom. The molecule has 3 atom stereocenters. The number of rotatable bonds is 8. The first-order valence-corrected chi connectivity index (χ1v) is 9.18. The van der Waals surface area contributed by atoms with Gasteiger partial charge in [0.1, 0.15) is 10.0 Å². The number of nitrogens with one attached hydrogen (secondary N) is 1. The summed E-state index contributed by atoms with van der Waals surface area (Å²) in [5, 5.41) is 14.8. The highest BCUT2D eigenvalue weighted by atomic mass is 32.1. The lowest BCUT2D eigenvalue weighted by Gasteiger charge is -2.19. The van der Waals surface area contributed by atoms with Gasteiger partial charge in [0.2, 0.25) is 0 Å². The van der Waals surface area contributed by atoms with Crippen LogP contribution in [0.3, 0.4) is 0 Å². The van der Waals surface area contributed by atoms with Crippen molar-refractivity contribution in [3.05, 3.63) is 10.0 Å². The van der Waals surface area contributed by atoms with Crippen LogP contribution in [0.15, 0.2) is 0 Å². The Labute approximate surface area is 126 Å². The van der Waals surface area contributed by atoms with Crippen molar-refractivity contribution in [1.29, 1.82) is 0 Å². The van der Waals surface area contributed by atoms with Gasteiger partial charge in [0.25, 0.3) is 0 Å². The molecule has 1 aromatic rings. The van der Waals surface area contributed by atoms with Gasteiger partial charge in [-0.25, -0.2) is 0 Å². The molecule has 1 N–H and O–H groups in total. The molecule has 1 heterocycles. The van der Waals surface area contributed by atoms with Gasteiger partial charge in [0.05, 0.1) is 0 Å². The third-order valence-corrected chi connectivity index (χ3v) is 6.01. The number of aromatic nitrogens is 2. The maximum atomic E-state index is 4.43. The summed E-state index contributed by atoms with van der Waals surface area (Å²) in [5.74, 6) is 2.97. The van der Waals surface area contributed by atoms with Gasteiger partial charge >= 0.3 is 0 Å². The van der Waals surface area contributed by atoms with Crippen molar-refractivity contribution in [3.63, 3.8) is 0 Å². The first kappa shape index (κ1) is 14.5. The number of fused-ring (bicyclic) bond motifs is 2. The SMILES string of the molecule is CCCNCCCc1nnc(CC2CC3CCC2C3)s1. The first-order chi connectivity index (χ1) is 9.85. The molecule has 0 aromatic carbocycles. The minimum absolute atomic E-state index is 0.917. The van der Waals surface area contributed by atoms with Gasteiger partial charge in [0.15, 0.2) is 0 Å². The highest BCUT2D eigenvalue weighted by molar-refractivity contribution is 7.11. The van der Waals surface area contributed by atoms with Gasteiger partial charge in [0, 0.05) is 12.8 Å². The van der Waals surface area contributed by atoms with Crippen LogP contribution in [0.1, 0.15) is 55.5 Å². The van der Waals surface area contributed by atoms with Crippen molar-refractivity contribution in [3.8, 4) is 0 Å². The molecule has 0 amide bonds. The van der Waals surface area contributed by atoms with E-state index < -0.39 is 0 Å². The molecule has 0 aliphatic heterocycles. The molecule has 2 aliphatic carbocycles. The Bertz CT molecular complexity index is 418. The molecule has 3 nitrogen and oxygen atoms in total. The molecule has 1 aromatic heterocycles. The molecule has 2 bridgehead atoms. The molecule has 112 valence electrons. The minimum atomic E-state index is 0.917. The number of aryl methyl sites for hydroxylation is 1. The van der Waals surface area contributed by atoms with Crippen LogP contribution in [0, 0.1) is 17.8 Å². The summed E-state index contributed by atoms with van der Waals surface area (Å²) in [6, 6.07) is 0. The molecule has 4 heteroatoms. The second kappa shape index (κ2) is 6.99. The fourth-order valence-corrected chi connectivity index (χ4v) is 4.97. The van der Waals surface area contributed by atoms with Crippen molar-refractivity contribution < 1.29 is 0 Å². The highest BCUT2D eigenvalue weighted by Crippen LogP contribution is 2.49. The average Bonchev–Trinajstić information content (AvgIpc) is 3.15. The first-order valence-electron chi connectivity index (χ1n) is 8.37. The molecular formula is C16H27N3S.